The van der Waals surface area contributed by atoms with E-state index < -0.39 is 15.8 Å². The molecule has 0 amide bonds. The van der Waals surface area contributed by atoms with Crippen LogP contribution in [0.5, 0.6) is 0 Å². The Balaban J connectivity index is 2.73. The molecule has 0 radical (unpaired) electrons. The second-order valence-corrected chi connectivity index (χ2v) is 5.69. The predicted molar refractivity (Wildman–Crippen MR) is 54.4 cm³/mol. The van der Waals surface area contributed by atoms with Crippen LogP contribution in [0.3, 0.4) is 0 Å². The van der Waals surface area contributed by atoms with Crippen molar-refractivity contribution in [1.29, 1.82) is 5.26 Å². The molecule has 1 unspecified atom stereocenters. The van der Waals surface area contributed by atoms with E-state index in [4.69, 9.17) is 5.26 Å². The van der Waals surface area contributed by atoms with Gasteiger partial charge < -0.3 is 0 Å². The molecule has 0 saturated carbocycles. The summed E-state index contributed by atoms with van der Waals surface area (Å²) in [5.74, 6) is -0.684. The Morgan fingerprint density at radius 2 is 2.27 bits per heavy atom. The van der Waals surface area contributed by atoms with Crippen LogP contribution in [-0.2, 0) is 14.8 Å². The Kier molecular flexibility index (Phi) is 3.83. The molecule has 5 nitrogen and oxygen atoms in total. The zero-order valence-corrected chi connectivity index (χ0v) is 9.46. The number of rotatable bonds is 3. The smallest absolute Gasteiger partial charge is 0.227 e. The van der Waals surface area contributed by atoms with Crippen LogP contribution in [-0.4, -0.2) is 37.3 Å². The Morgan fingerprint density at radius 3 is 2.80 bits per heavy atom. The minimum absolute atomic E-state index is 0.0202. The van der Waals surface area contributed by atoms with Gasteiger partial charge >= 0.3 is 0 Å². The van der Waals surface area contributed by atoms with Crippen LogP contribution < -0.4 is 0 Å². The van der Waals surface area contributed by atoms with E-state index in [2.05, 4.69) is 0 Å². The summed E-state index contributed by atoms with van der Waals surface area (Å²) in [6.45, 7) is 2.14. The summed E-state index contributed by atoms with van der Waals surface area (Å²) in [5, 5.41) is 8.38. The molecule has 1 fully saturated rings. The normalized spacial score (nSPS) is 23.3. The molecular formula is C9H14N2O3S. The average molecular weight is 230 g/mol. The number of piperidine rings is 1. The Hall–Kier alpha value is -0.930. The fourth-order valence-electron chi connectivity index (χ4n) is 1.70. The highest BCUT2D eigenvalue weighted by Crippen LogP contribution is 2.19. The van der Waals surface area contributed by atoms with Gasteiger partial charge in [-0.1, -0.05) is 0 Å². The predicted octanol–water partition coefficient (Wildman–Crippen LogP) is 0.141. The first-order valence-electron chi connectivity index (χ1n) is 4.82. The van der Waals surface area contributed by atoms with Gasteiger partial charge in [0.25, 0.3) is 0 Å². The van der Waals surface area contributed by atoms with E-state index in [-0.39, 0.29) is 18.2 Å². The van der Waals surface area contributed by atoms with Crippen LogP contribution in [0.15, 0.2) is 0 Å². The fourth-order valence-corrected chi connectivity index (χ4v) is 2.86. The molecule has 1 saturated heterocycles. The third-order valence-electron chi connectivity index (χ3n) is 2.60. The molecule has 0 aromatic heterocycles. The number of Topliss-reactive ketones (excluding diaryl/α,β-unsaturated/α-hetero) is 1. The SMILES string of the molecule is CC(=O)C1CCCN(S(=O)(=O)CC#N)C1. The van der Waals surface area contributed by atoms with Crippen molar-refractivity contribution in [3.63, 3.8) is 0 Å². The lowest BCUT2D eigenvalue weighted by Gasteiger charge is -2.29. The van der Waals surface area contributed by atoms with Crippen molar-refractivity contribution in [2.75, 3.05) is 18.8 Å². The van der Waals surface area contributed by atoms with E-state index in [9.17, 15) is 13.2 Å². The van der Waals surface area contributed by atoms with E-state index >= 15 is 0 Å². The molecule has 1 aliphatic heterocycles. The van der Waals surface area contributed by atoms with E-state index in [1.807, 2.05) is 0 Å². The van der Waals surface area contributed by atoms with Crippen LogP contribution in [0.2, 0.25) is 0 Å². The quantitative estimate of drug-likeness (QED) is 0.691. The summed E-state index contributed by atoms with van der Waals surface area (Å²) in [4.78, 5) is 11.1. The first-order chi connectivity index (χ1) is 6.97. The van der Waals surface area contributed by atoms with Gasteiger partial charge in [-0.15, -0.1) is 0 Å². The minimum Gasteiger partial charge on any atom is -0.300 e. The zero-order valence-electron chi connectivity index (χ0n) is 8.64. The fraction of sp³-hybridized carbons (Fsp3) is 0.778. The van der Waals surface area contributed by atoms with Crippen LogP contribution in [0.25, 0.3) is 0 Å². The molecular weight excluding hydrogens is 216 g/mol. The van der Waals surface area contributed by atoms with Crippen molar-refractivity contribution in [3.05, 3.63) is 0 Å². The Morgan fingerprint density at radius 1 is 1.60 bits per heavy atom. The van der Waals surface area contributed by atoms with Gasteiger partial charge in [-0.3, -0.25) is 4.79 Å². The number of hydrogen-bond acceptors (Lipinski definition) is 4. The third kappa shape index (κ3) is 3.01. The van der Waals surface area contributed by atoms with Gasteiger partial charge in [-0.25, -0.2) is 12.7 Å². The van der Waals surface area contributed by atoms with Gasteiger partial charge in [0.05, 0.1) is 6.07 Å². The van der Waals surface area contributed by atoms with Crippen molar-refractivity contribution in [2.45, 2.75) is 19.8 Å². The van der Waals surface area contributed by atoms with Gasteiger partial charge in [0.15, 0.2) is 5.75 Å². The van der Waals surface area contributed by atoms with E-state index in [0.29, 0.717) is 13.0 Å². The van der Waals surface area contributed by atoms with Crippen molar-refractivity contribution < 1.29 is 13.2 Å². The number of hydrogen-bond donors (Lipinski definition) is 0. The molecule has 1 rings (SSSR count). The lowest BCUT2D eigenvalue weighted by atomic mass is 9.96. The number of carbonyl (C=O) groups excluding carboxylic acids is 1. The van der Waals surface area contributed by atoms with Crippen LogP contribution in [0, 0.1) is 17.2 Å². The summed E-state index contributed by atoms with van der Waals surface area (Å²) in [7, 11) is -3.48. The van der Waals surface area contributed by atoms with E-state index in [1.54, 1.807) is 6.07 Å². The summed E-state index contributed by atoms with van der Waals surface area (Å²) in [6, 6.07) is 1.63. The van der Waals surface area contributed by atoms with Crippen molar-refractivity contribution in [1.82, 2.24) is 4.31 Å². The first-order valence-corrected chi connectivity index (χ1v) is 6.43. The highest BCUT2D eigenvalue weighted by molar-refractivity contribution is 7.89. The average Bonchev–Trinajstić information content (AvgIpc) is 2.18. The van der Waals surface area contributed by atoms with Gasteiger partial charge in [0.2, 0.25) is 10.0 Å². The standard InChI is InChI=1S/C9H14N2O3S/c1-8(12)9-3-2-5-11(7-9)15(13,14)6-4-10/h9H,2-3,5-7H2,1H3. The summed E-state index contributed by atoms with van der Waals surface area (Å²) >= 11 is 0. The molecule has 15 heavy (non-hydrogen) atoms. The Bertz CT molecular complexity index is 383. The largest absolute Gasteiger partial charge is 0.300 e. The summed E-state index contributed by atoms with van der Waals surface area (Å²) in [5.41, 5.74) is 0. The lowest BCUT2D eigenvalue weighted by molar-refractivity contribution is -0.121. The molecule has 0 bridgehead atoms. The molecule has 6 heteroatoms. The molecule has 0 spiro atoms. The number of carbonyl (C=O) groups is 1. The maximum atomic E-state index is 11.5. The molecule has 84 valence electrons. The molecule has 0 N–H and O–H groups in total. The minimum atomic E-state index is -3.48. The highest BCUT2D eigenvalue weighted by Gasteiger charge is 2.30. The topological polar surface area (TPSA) is 78.2 Å². The zero-order chi connectivity index (χ0) is 11.5. The second-order valence-electron chi connectivity index (χ2n) is 3.72. The molecule has 1 heterocycles. The number of ketones is 1. The molecule has 0 aromatic rings. The molecule has 0 aromatic carbocycles. The molecule has 1 atom stereocenters. The van der Waals surface area contributed by atoms with E-state index in [0.717, 1.165) is 6.42 Å². The monoisotopic (exact) mass is 230 g/mol. The van der Waals surface area contributed by atoms with Gasteiger partial charge in [-0.05, 0) is 19.8 Å². The number of sulfonamides is 1. The Labute approximate surface area is 89.7 Å². The van der Waals surface area contributed by atoms with Crippen molar-refractivity contribution in [2.24, 2.45) is 5.92 Å². The summed E-state index contributed by atoms with van der Waals surface area (Å²) < 4.78 is 24.3. The van der Waals surface area contributed by atoms with E-state index in [1.165, 1.54) is 11.2 Å². The number of nitriles is 1. The van der Waals surface area contributed by atoms with Crippen LogP contribution in [0.1, 0.15) is 19.8 Å². The van der Waals surface area contributed by atoms with Gasteiger partial charge in [0.1, 0.15) is 5.78 Å². The molecule has 1 aliphatic rings. The van der Waals surface area contributed by atoms with Gasteiger partial charge in [-0.2, -0.15) is 5.26 Å². The van der Waals surface area contributed by atoms with Crippen LogP contribution >= 0.6 is 0 Å². The van der Waals surface area contributed by atoms with Crippen LogP contribution in [0.4, 0.5) is 0 Å². The highest BCUT2D eigenvalue weighted by atomic mass is 32.2. The van der Waals surface area contributed by atoms with Gasteiger partial charge in [0, 0.05) is 19.0 Å². The van der Waals surface area contributed by atoms with Crippen molar-refractivity contribution >= 4 is 15.8 Å². The lowest BCUT2D eigenvalue weighted by Crippen LogP contribution is -2.42. The van der Waals surface area contributed by atoms with Crippen molar-refractivity contribution in [3.8, 4) is 6.07 Å². The molecule has 0 aliphatic carbocycles. The summed E-state index contributed by atoms with van der Waals surface area (Å²) in [6.07, 6.45) is 1.43. The first kappa shape index (κ1) is 12.1. The number of nitrogens with zero attached hydrogens (tertiary/aromatic N) is 2. The maximum Gasteiger partial charge on any atom is 0.227 e. The maximum absolute atomic E-state index is 11.5. The second kappa shape index (κ2) is 4.73. The third-order valence-corrected chi connectivity index (χ3v) is 4.21.